The lowest BCUT2D eigenvalue weighted by Crippen LogP contribution is -2.33. The number of pyridine rings is 1. The van der Waals surface area contributed by atoms with Crippen LogP contribution in [-0.4, -0.2) is 26.6 Å². The highest BCUT2D eigenvalue weighted by molar-refractivity contribution is 6.20. The Morgan fingerprint density at radius 2 is 2.29 bits per heavy atom. The second-order valence-electron chi connectivity index (χ2n) is 5.09. The van der Waals surface area contributed by atoms with Gasteiger partial charge in [-0.1, -0.05) is 6.07 Å². The smallest absolute Gasteiger partial charge is 0.232 e. The number of hydrogen-bond donors (Lipinski definition) is 1. The van der Waals surface area contributed by atoms with Crippen LogP contribution in [-0.2, 0) is 4.79 Å². The molecule has 0 fully saturated rings. The average Bonchev–Trinajstić information content (AvgIpc) is 2.90. The number of nitrogens with zero attached hydrogens (tertiary/aromatic N) is 4. The zero-order chi connectivity index (χ0) is 15.5. The van der Waals surface area contributed by atoms with Crippen LogP contribution in [0.3, 0.4) is 0 Å². The topological polar surface area (TPSA) is 83.6 Å². The lowest BCUT2D eigenvalue weighted by molar-refractivity contribution is -0.123. The third kappa shape index (κ3) is 3.03. The fourth-order valence-electron chi connectivity index (χ4n) is 1.54. The van der Waals surface area contributed by atoms with Crippen molar-refractivity contribution in [2.75, 3.05) is 11.2 Å². The molecule has 0 aliphatic carbocycles. The molecule has 0 radical (unpaired) electrons. The maximum atomic E-state index is 12.2. The van der Waals surface area contributed by atoms with Gasteiger partial charge in [0.2, 0.25) is 5.91 Å². The first kappa shape index (κ1) is 15.0. The maximum Gasteiger partial charge on any atom is 0.232 e. The van der Waals surface area contributed by atoms with Gasteiger partial charge < -0.3 is 5.32 Å². The number of carbonyl (C=O) groups excluding carboxylic acids is 1. The second-order valence-corrected chi connectivity index (χ2v) is 5.36. The molecule has 0 atom stereocenters. The van der Waals surface area contributed by atoms with Gasteiger partial charge in [0.1, 0.15) is 11.6 Å². The van der Waals surface area contributed by atoms with E-state index in [0.717, 1.165) is 0 Å². The monoisotopic (exact) mass is 303 g/mol. The largest absolute Gasteiger partial charge is 0.309 e. The fraction of sp³-hybridized carbons (Fsp3) is 0.286. The lowest BCUT2D eigenvalue weighted by atomic mass is 9.95. The summed E-state index contributed by atoms with van der Waals surface area (Å²) >= 11 is 5.80. The molecule has 0 saturated heterocycles. The first-order valence-electron chi connectivity index (χ1n) is 6.26. The van der Waals surface area contributed by atoms with Gasteiger partial charge in [-0.15, -0.1) is 11.6 Å². The minimum Gasteiger partial charge on any atom is -0.309 e. The SMILES string of the molecule is CC(C)(CCl)C(=O)Nc1c(C#N)cnn1-c1ccccn1. The van der Waals surface area contributed by atoms with Gasteiger partial charge in [0.25, 0.3) is 0 Å². The fourth-order valence-corrected chi connectivity index (χ4v) is 1.66. The number of halogens is 1. The highest BCUT2D eigenvalue weighted by Gasteiger charge is 2.28. The second kappa shape index (κ2) is 5.94. The standard InChI is InChI=1S/C14H14ClN5O/c1-14(2,9-15)13(21)19-12-10(7-16)8-18-20(12)11-5-3-4-6-17-11/h3-6,8H,9H2,1-2H3,(H,19,21). The van der Waals surface area contributed by atoms with Crippen molar-refractivity contribution in [3.05, 3.63) is 36.2 Å². The van der Waals surface area contributed by atoms with Crippen LogP contribution in [0.4, 0.5) is 5.82 Å². The Morgan fingerprint density at radius 1 is 1.52 bits per heavy atom. The third-order valence-corrected chi connectivity index (χ3v) is 3.60. The normalized spacial score (nSPS) is 11.0. The summed E-state index contributed by atoms with van der Waals surface area (Å²) in [4.78, 5) is 16.4. The van der Waals surface area contributed by atoms with Crippen molar-refractivity contribution in [2.24, 2.45) is 5.41 Å². The minimum absolute atomic E-state index is 0.165. The zero-order valence-electron chi connectivity index (χ0n) is 11.7. The molecule has 0 aliphatic heterocycles. The Labute approximate surface area is 127 Å². The Kier molecular flexibility index (Phi) is 4.24. The molecule has 0 bridgehead atoms. The Morgan fingerprint density at radius 3 is 2.86 bits per heavy atom. The highest BCUT2D eigenvalue weighted by Crippen LogP contribution is 2.23. The molecule has 6 nitrogen and oxygen atoms in total. The van der Waals surface area contributed by atoms with Crippen LogP contribution in [0.25, 0.3) is 5.82 Å². The van der Waals surface area contributed by atoms with E-state index in [9.17, 15) is 4.79 Å². The van der Waals surface area contributed by atoms with Gasteiger partial charge in [-0.3, -0.25) is 4.79 Å². The van der Waals surface area contributed by atoms with Crippen molar-refractivity contribution in [2.45, 2.75) is 13.8 Å². The third-order valence-electron chi connectivity index (χ3n) is 2.94. The lowest BCUT2D eigenvalue weighted by Gasteiger charge is -2.20. The molecule has 1 N–H and O–H groups in total. The summed E-state index contributed by atoms with van der Waals surface area (Å²) in [6, 6.07) is 7.30. The van der Waals surface area contributed by atoms with E-state index in [1.165, 1.54) is 10.9 Å². The summed E-state index contributed by atoms with van der Waals surface area (Å²) < 4.78 is 1.42. The van der Waals surface area contributed by atoms with Gasteiger partial charge in [0.05, 0.1) is 11.6 Å². The summed E-state index contributed by atoms with van der Waals surface area (Å²) in [5.74, 6) is 0.683. The summed E-state index contributed by atoms with van der Waals surface area (Å²) in [6.07, 6.45) is 3.00. The van der Waals surface area contributed by atoms with Crippen LogP contribution >= 0.6 is 11.6 Å². The van der Waals surface area contributed by atoms with Crippen molar-refractivity contribution in [1.29, 1.82) is 5.26 Å². The predicted octanol–water partition coefficient (Wildman–Crippen LogP) is 2.34. The summed E-state index contributed by atoms with van der Waals surface area (Å²) in [5, 5.41) is 16.0. The van der Waals surface area contributed by atoms with E-state index in [1.54, 1.807) is 38.2 Å². The number of nitrogens with one attached hydrogen (secondary N) is 1. The summed E-state index contributed by atoms with van der Waals surface area (Å²) in [6.45, 7) is 3.45. The number of aromatic nitrogens is 3. The zero-order valence-corrected chi connectivity index (χ0v) is 12.4. The highest BCUT2D eigenvalue weighted by atomic mass is 35.5. The van der Waals surface area contributed by atoms with E-state index in [1.807, 2.05) is 6.07 Å². The van der Waals surface area contributed by atoms with Crippen LogP contribution in [0.2, 0.25) is 0 Å². The van der Waals surface area contributed by atoms with Gasteiger partial charge in [-0.25, -0.2) is 4.98 Å². The molecule has 2 rings (SSSR count). The molecule has 7 heteroatoms. The number of carbonyl (C=O) groups is 1. The summed E-state index contributed by atoms with van der Waals surface area (Å²) in [7, 11) is 0. The van der Waals surface area contributed by atoms with Gasteiger partial charge >= 0.3 is 0 Å². The van der Waals surface area contributed by atoms with Crippen molar-refractivity contribution >= 4 is 23.3 Å². The van der Waals surface area contributed by atoms with Crippen LogP contribution in [0.15, 0.2) is 30.6 Å². The van der Waals surface area contributed by atoms with Crippen molar-refractivity contribution in [3.8, 4) is 11.9 Å². The van der Waals surface area contributed by atoms with E-state index < -0.39 is 5.41 Å². The van der Waals surface area contributed by atoms with Crippen LogP contribution in [0.1, 0.15) is 19.4 Å². The van der Waals surface area contributed by atoms with E-state index >= 15 is 0 Å². The molecule has 1 amide bonds. The number of anilines is 1. The number of nitriles is 1. The number of hydrogen-bond acceptors (Lipinski definition) is 4. The van der Waals surface area contributed by atoms with E-state index in [2.05, 4.69) is 15.4 Å². The Hall–Kier alpha value is -2.39. The maximum absolute atomic E-state index is 12.2. The van der Waals surface area contributed by atoms with Crippen LogP contribution in [0.5, 0.6) is 0 Å². The molecule has 2 heterocycles. The molecule has 0 aromatic carbocycles. The van der Waals surface area contributed by atoms with Crippen molar-refractivity contribution < 1.29 is 4.79 Å². The molecule has 0 aliphatic rings. The van der Waals surface area contributed by atoms with Crippen LogP contribution in [0, 0.1) is 16.7 Å². The van der Waals surface area contributed by atoms with E-state index in [0.29, 0.717) is 11.6 Å². The molecular formula is C14H14ClN5O. The molecule has 0 saturated carbocycles. The number of amides is 1. The van der Waals surface area contributed by atoms with Crippen LogP contribution < -0.4 is 5.32 Å². The molecule has 2 aromatic rings. The molecule has 108 valence electrons. The molecule has 0 unspecified atom stereocenters. The van der Waals surface area contributed by atoms with Crippen molar-refractivity contribution in [3.63, 3.8) is 0 Å². The Bertz CT molecular complexity index is 687. The van der Waals surface area contributed by atoms with Gasteiger partial charge in [-0.2, -0.15) is 15.0 Å². The summed E-state index contributed by atoms with van der Waals surface area (Å²) in [5.41, 5.74) is -0.493. The molecule has 21 heavy (non-hydrogen) atoms. The van der Waals surface area contributed by atoms with E-state index in [-0.39, 0.29) is 17.4 Å². The minimum atomic E-state index is -0.756. The van der Waals surface area contributed by atoms with Gasteiger partial charge in [-0.05, 0) is 26.0 Å². The number of alkyl halides is 1. The first-order chi connectivity index (χ1) is 9.99. The predicted molar refractivity (Wildman–Crippen MR) is 79.2 cm³/mol. The molecule has 0 spiro atoms. The van der Waals surface area contributed by atoms with E-state index in [4.69, 9.17) is 16.9 Å². The molecule has 2 aromatic heterocycles. The average molecular weight is 304 g/mol. The van der Waals surface area contributed by atoms with Gasteiger partial charge in [0.15, 0.2) is 11.6 Å². The Balaban J connectivity index is 2.42. The first-order valence-corrected chi connectivity index (χ1v) is 6.80. The van der Waals surface area contributed by atoms with Gasteiger partial charge in [0, 0.05) is 12.1 Å². The van der Waals surface area contributed by atoms with Crippen molar-refractivity contribution in [1.82, 2.24) is 14.8 Å². The quantitative estimate of drug-likeness (QED) is 0.879. The number of rotatable bonds is 4. The molecular weight excluding hydrogens is 290 g/mol.